The van der Waals surface area contributed by atoms with E-state index in [1.54, 1.807) is 25.5 Å². The summed E-state index contributed by atoms with van der Waals surface area (Å²) in [4.78, 5) is 7.45. The van der Waals surface area contributed by atoms with Crippen molar-refractivity contribution in [1.29, 1.82) is 0 Å². The number of thiophene rings is 1. The number of H-pyrrole nitrogens is 1. The van der Waals surface area contributed by atoms with E-state index in [0.29, 0.717) is 17.8 Å². The average molecular weight is 301 g/mol. The van der Waals surface area contributed by atoms with Crippen LogP contribution in [0, 0.1) is 6.92 Å². The van der Waals surface area contributed by atoms with Gasteiger partial charge in [-0.3, -0.25) is 0 Å². The highest BCUT2D eigenvalue weighted by molar-refractivity contribution is 7.91. The molecule has 19 heavy (non-hydrogen) atoms. The number of nitrogens with zero attached hydrogens (tertiary/aromatic N) is 1. The Hall–Kier alpha value is -1.22. The van der Waals surface area contributed by atoms with E-state index in [2.05, 4.69) is 14.7 Å². The zero-order valence-corrected chi connectivity index (χ0v) is 12.0. The van der Waals surface area contributed by atoms with Crippen LogP contribution in [0.4, 0.5) is 0 Å². The highest BCUT2D eigenvalue weighted by Gasteiger charge is 2.18. The van der Waals surface area contributed by atoms with Gasteiger partial charge >= 0.3 is 0 Å². The molecule has 3 N–H and O–H groups in total. The predicted molar refractivity (Wildman–Crippen MR) is 72.5 cm³/mol. The van der Waals surface area contributed by atoms with Crippen LogP contribution < -0.4 is 4.72 Å². The second-order valence-corrected chi connectivity index (χ2v) is 7.18. The highest BCUT2D eigenvalue weighted by atomic mass is 32.2. The van der Waals surface area contributed by atoms with E-state index in [4.69, 9.17) is 5.11 Å². The summed E-state index contributed by atoms with van der Waals surface area (Å²) in [5.74, 6) is 0. The predicted octanol–water partition coefficient (Wildman–Crippen LogP) is 0.793. The third kappa shape index (κ3) is 3.41. The van der Waals surface area contributed by atoms with Gasteiger partial charge < -0.3 is 10.1 Å². The molecule has 0 radical (unpaired) electrons. The first-order valence-corrected chi connectivity index (χ1v) is 8.00. The molecule has 0 bridgehead atoms. The van der Waals surface area contributed by atoms with Gasteiger partial charge in [-0.2, -0.15) is 0 Å². The molecular formula is C11H15N3O3S2. The van der Waals surface area contributed by atoms with Crippen LogP contribution in [0.3, 0.4) is 0 Å². The molecule has 0 aliphatic heterocycles. The van der Waals surface area contributed by atoms with Gasteiger partial charge in [0.15, 0.2) is 0 Å². The van der Waals surface area contributed by atoms with Crippen molar-refractivity contribution in [3.63, 3.8) is 0 Å². The number of rotatable bonds is 6. The monoisotopic (exact) mass is 301 g/mol. The Balaban J connectivity index is 2.01. The third-order valence-corrected chi connectivity index (χ3v) is 5.80. The number of aromatic nitrogens is 2. The van der Waals surface area contributed by atoms with E-state index in [-0.39, 0.29) is 10.8 Å². The SMILES string of the molecule is Cc1cc(S(=O)(=O)NCCc2cnc[nH]2)sc1CO. The van der Waals surface area contributed by atoms with Gasteiger partial charge in [0.25, 0.3) is 0 Å². The number of aliphatic hydroxyl groups is 1. The number of imidazole rings is 1. The molecule has 0 aliphatic rings. The second kappa shape index (κ2) is 5.83. The lowest BCUT2D eigenvalue weighted by atomic mass is 10.3. The molecule has 6 nitrogen and oxygen atoms in total. The van der Waals surface area contributed by atoms with Gasteiger partial charge in [0, 0.05) is 29.7 Å². The summed E-state index contributed by atoms with van der Waals surface area (Å²) in [7, 11) is -3.50. The Morgan fingerprint density at radius 1 is 1.53 bits per heavy atom. The summed E-state index contributed by atoms with van der Waals surface area (Å²) in [5, 5.41) is 9.08. The number of aryl methyl sites for hydroxylation is 1. The maximum absolute atomic E-state index is 12.0. The number of hydrogen-bond acceptors (Lipinski definition) is 5. The number of aliphatic hydroxyl groups excluding tert-OH is 1. The van der Waals surface area contributed by atoms with E-state index in [0.717, 1.165) is 22.6 Å². The van der Waals surface area contributed by atoms with Crippen molar-refractivity contribution in [3.05, 3.63) is 34.7 Å². The van der Waals surface area contributed by atoms with Crippen LogP contribution in [-0.2, 0) is 23.1 Å². The fraction of sp³-hybridized carbons (Fsp3) is 0.364. The minimum Gasteiger partial charge on any atom is -0.391 e. The van der Waals surface area contributed by atoms with Gasteiger partial charge in [-0.15, -0.1) is 11.3 Å². The van der Waals surface area contributed by atoms with Gasteiger partial charge in [0.1, 0.15) is 4.21 Å². The van der Waals surface area contributed by atoms with Crippen LogP contribution in [0.2, 0.25) is 0 Å². The first-order chi connectivity index (χ1) is 9.03. The van der Waals surface area contributed by atoms with E-state index >= 15 is 0 Å². The van der Waals surface area contributed by atoms with Crippen LogP contribution >= 0.6 is 11.3 Å². The largest absolute Gasteiger partial charge is 0.391 e. The Labute approximate surface area is 115 Å². The second-order valence-electron chi connectivity index (χ2n) is 4.05. The molecule has 0 aliphatic carbocycles. The maximum Gasteiger partial charge on any atom is 0.250 e. The van der Waals surface area contributed by atoms with Crippen molar-refractivity contribution in [2.24, 2.45) is 0 Å². The molecule has 0 atom stereocenters. The van der Waals surface area contributed by atoms with Gasteiger partial charge in [-0.25, -0.2) is 18.1 Å². The third-order valence-electron chi connectivity index (χ3n) is 2.65. The standard InChI is InChI=1S/C11H15N3O3S2/c1-8-4-11(18-10(8)6-15)19(16,17)14-3-2-9-5-12-7-13-9/h4-5,7,14-15H,2-3,6H2,1H3,(H,12,13). The Morgan fingerprint density at radius 3 is 2.89 bits per heavy atom. The van der Waals surface area contributed by atoms with Crippen LogP contribution in [0.5, 0.6) is 0 Å². The van der Waals surface area contributed by atoms with Gasteiger partial charge in [0.05, 0.1) is 12.9 Å². The number of sulfonamides is 1. The van der Waals surface area contributed by atoms with Crippen molar-refractivity contribution in [3.8, 4) is 0 Å². The zero-order chi connectivity index (χ0) is 13.9. The van der Waals surface area contributed by atoms with E-state index in [1.807, 2.05) is 0 Å². The molecule has 2 aromatic rings. The van der Waals surface area contributed by atoms with Crippen LogP contribution in [0.1, 0.15) is 16.1 Å². The lowest BCUT2D eigenvalue weighted by Crippen LogP contribution is -2.25. The summed E-state index contributed by atoms with van der Waals surface area (Å²) in [6.07, 6.45) is 3.77. The lowest BCUT2D eigenvalue weighted by Gasteiger charge is -2.03. The molecule has 0 spiro atoms. The molecule has 2 heterocycles. The molecule has 104 valence electrons. The molecule has 8 heteroatoms. The van der Waals surface area contributed by atoms with E-state index < -0.39 is 10.0 Å². The number of aromatic amines is 1. The molecule has 0 saturated carbocycles. The summed E-state index contributed by atoms with van der Waals surface area (Å²) in [6, 6.07) is 1.58. The maximum atomic E-state index is 12.0. The quantitative estimate of drug-likeness (QED) is 0.735. The van der Waals surface area contributed by atoms with E-state index in [9.17, 15) is 8.42 Å². The summed E-state index contributed by atoms with van der Waals surface area (Å²) >= 11 is 1.09. The topological polar surface area (TPSA) is 95.1 Å². The number of nitrogens with one attached hydrogen (secondary N) is 2. The minimum absolute atomic E-state index is 0.139. The van der Waals surface area contributed by atoms with Crippen LogP contribution in [-0.4, -0.2) is 30.0 Å². The average Bonchev–Trinajstić information content (AvgIpc) is 2.98. The lowest BCUT2D eigenvalue weighted by molar-refractivity contribution is 0.285. The fourth-order valence-electron chi connectivity index (χ4n) is 1.59. The molecule has 0 saturated heterocycles. The Morgan fingerprint density at radius 2 is 2.32 bits per heavy atom. The van der Waals surface area contributed by atoms with Crippen molar-refractivity contribution in [1.82, 2.24) is 14.7 Å². The van der Waals surface area contributed by atoms with Crippen LogP contribution in [0.25, 0.3) is 0 Å². The molecule has 2 rings (SSSR count). The number of hydrogen-bond donors (Lipinski definition) is 3. The highest BCUT2D eigenvalue weighted by Crippen LogP contribution is 2.25. The molecular weight excluding hydrogens is 286 g/mol. The molecule has 2 aromatic heterocycles. The summed E-state index contributed by atoms with van der Waals surface area (Å²) < 4.78 is 26.8. The first-order valence-electron chi connectivity index (χ1n) is 5.70. The fourth-order valence-corrected chi connectivity index (χ4v) is 4.12. The smallest absolute Gasteiger partial charge is 0.250 e. The Kier molecular flexibility index (Phi) is 4.35. The summed E-state index contributed by atoms with van der Waals surface area (Å²) in [6.45, 7) is 1.95. The van der Waals surface area contributed by atoms with Gasteiger partial charge in [-0.05, 0) is 18.6 Å². The molecule has 0 aromatic carbocycles. The normalized spacial score (nSPS) is 11.9. The molecule has 0 unspecified atom stereocenters. The first kappa shape index (κ1) is 14.2. The Bertz CT molecular complexity index is 632. The molecule has 0 fully saturated rings. The zero-order valence-electron chi connectivity index (χ0n) is 10.4. The van der Waals surface area contributed by atoms with E-state index in [1.165, 1.54) is 0 Å². The van der Waals surface area contributed by atoms with Crippen molar-refractivity contribution in [2.45, 2.75) is 24.2 Å². The summed E-state index contributed by atoms with van der Waals surface area (Å²) in [5.41, 5.74) is 1.67. The van der Waals surface area contributed by atoms with Crippen molar-refractivity contribution in [2.75, 3.05) is 6.54 Å². The van der Waals surface area contributed by atoms with Gasteiger partial charge in [0.2, 0.25) is 10.0 Å². The minimum atomic E-state index is -3.50. The van der Waals surface area contributed by atoms with Crippen molar-refractivity contribution < 1.29 is 13.5 Å². The molecule has 0 amide bonds. The van der Waals surface area contributed by atoms with Crippen molar-refractivity contribution >= 4 is 21.4 Å². The van der Waals surface area contributed by atoms with Gasteiger partial charge in [-0.1, -0.05) is 0 Å². The van der Waals surface area contributed by atoms with Crippen LogP contribution in [0.15, 0.2) is 22.8 Å².